The van der Waals surface area contributed by atoms with Crippen LogP contribution in [-0.2, 0) is 16.0 Å². The molecule has 0 bridgehead atoms. The molecule has 3 aromatic rings. The molecule has 0 fully saturated rings. The largest absolute Gasteiger partial charge is 0.467 e. The number of esters is 1. The topological polar surface area (TPSA) is 87.3 Å². The lowest BCUT2D eigenvalue weighted by molar-refractivity contribution is -0.154. The molecule has 168 valence electrons. The van der Waals surface area contributed by atoms with Gasteiger partial charge in [-0.25, -0.2) is 4.98 Å². The van der Waals surface area contributed by atoms with E-state index in [1.165, 1.54) is 19.2 Å². The molecule has 0 radical (unpaired) electrons. The number of pyridine rings is 1. The smallest absolute Gasteiger partial charge is 0.422 e. The summed E-state index contributed by atoms with van der Waals surface area (Å²) in [6, 6.07) is 5.07. The first-order valence-electron chi connectivity index (χ1n) is 9.61. The predicted molar refractivity (Wildman–Crippen MR) is 107 cm³/mol. The van der Waals surface area contributed by atoms with Gasteiger partial charge >= 0.3 is 12.1 Å². The van der Waals surface area contributed by atoms with Gasteiger partial charge in [-0.15, -0.1) is 0 Å². The number of hydrogen-bond acceptors (Lipinski definition) is 7. The second kappa shape index (κ2) is 8.42. The first-order valence-corrected chi connectivity index (χ1v) is 9.99. The molecular weight excluding hydrogens is 451 g/mol. The lowest BCUT2D eigenvalue weighted by Gasteiger charge is -2.13. The quantitative estimate of drug-likeness (QED) is 0.473. The van der Waals surface area contributed by atoms with Gasteiger partial charge in [-0.3, -0.25) is 4.79 Å². The number of fused-ring (bicyclic) bond motifs is 1. The summed E-state index contributed by atoms with van der Waals surface area (Å²) < 4.78 is 52.2. The minimum atomic E-state index is -4.50. The van der Waals surface area contributed by atoms with Crippen molar-refractivity contribution < 1.29 is 32.0 Å². The number of rotatable bonds is 5. The van der Waals surface area contributed by atoms with E-state index in [-0.39, 0.29) is 28.9 Å². The first kappa shape index (κ1) is 22.1. The van der Waals surface area contributed by atoms with Crippen LogP contribution in [0.3, 0.4) is 0 Å². The average Bonchev–Trinajstić information content (AvgIpc) is 3.34. The van der Waals surface area contributed by atoms with Gasteiger partial charge in [0.15, 0.2) is 6.61 Å². The van der Waals surface area contributed by atoms with Gasteiger partial charge in [-0.1, -0.05) is 28.9 Å². The molecule has 0 saturated carbocycles. The molecule has 1 aliphatic rings. The lowest BCUT2D eigenvalue weighted by Crippen LogP contribution is -2.19. The van der Waals surface area contributed by atoms with Crippen LogP contribution >= 0.6 is 11.6 Å². The third-order valence-electron chi connectivity index (χ3n) is 5.04. The summed E-state index contributed by atoms with van der Waals surface area (Å²) in [6.45, 7) is 1.82. The van der Waals surface area contributed by atoms with E-state index >= 15 is 0 Å². The van der Waals surface area contributed by atoms with Crippen LogP contribution in [0.5, 0.6) is 5.88 Å². The third-order valence-corrected chi connectivity index (χ3v) is 5.31. The molecule has 0 amide bonds. The molecule has 0 N–H and O–H groups in total. The molecule has 32 heavy (non-hydrogen) atoms. The van der Waals surface area contributed by atoms with E-state index in [1.807, 2.05) is 19.1 Å². The Bertz CT molecular complexity index is 1180. The van der Waals surface area contributed by atoms with Crippen LogP contribution in [0.1, 0.15) is 36.1 Å². The Morgan fingerprint density at radius 2 is 2.12 bits per heavy atom. The SMILES string of the molecule is CC(=O)OC1CCc2c1ccc(-c1noc(-c3cnc(OCC(F)(F)F)c(Cl)c3)n1)c2C. The van der Waals surface area contributed by atoms with Crippen molar-refractivity contribution in [2.24, 2.45) is 0 Å². The van der Waals surface area contributed by atoms with Crippen molar-refractivity contribution >= 4 is 17.6 Å². The lowest BCUT2D eigenvalue weighted by atomic mass is 9.98. The van der Waals surface area contributed by atoms with Crippen LogP contribution in [0.2, 0.25) is 5.02 Å². The molecule has 1 atom stereocenters. The Kier molecular flexibility index (Phi) is 5.81. The van der Waals surface area contributed by atoms with Crippen molar-refractivity contribution in [2.45, 2.75) is 39.0 Å². The second-order valence-corrected chi connectivity index (χ2v) is 7.69. The van der Waals surface area contributed by atoms with Crippen molar-refractivity contribution in [1.82, 2.24) is 15.1 Å². The molecule has 11 heteroatoms. The summed E-state index contributed by atoms with van der Waals surface area (Å²) in [6.07, 6.45) is -2.05. The van der Waals surface area contributed by atoms with Gasteiger partial charge in [0.1, 0.15) is 11.1 Å². The van der Waals surface area contributed by atoms with E-state index in [1.54, 1.807) is 0 Å². The van der Waals surface area contributed by atoms with E-state index in [4.69, 9.17) is 20.9 Å². The standard InChI is InChI=1S/C21H17ClF3N3O4/c1-10-13-5-6-17(31-11(2)29)15(13)4-3-14(10)18-27-19(32-28-18)12-7-16(22)20(26-8-12)30-9-21(23,24)25/h3-4,7-8,17H,5-6,9H2,1-2H3. The van der Waals surface area contributed by atoms with E-state index < -0.39 is 12.8 Å². The van der Waals surface area contributed by atoms with Crippen molar-refractivity contribution in [2.75, 3.05) is 6.61 Å². The highest BCUT2D eigenvalue weighted by molar-refractivity contribution is 6.32. The maximum absolute atomic E-state index is 12.3. The molecule has 7 nitrogen and oxygen atoms in total. The van der Waals surface area contributed by atoms with Gasteiger partial charge in [-0.2, -0.15) is 18.2 Å². The number of aromatic nitrogens is 3. The number of halogens is 4. The normalized spacial score (nSPS) is 15.5. The number of carbonyl (C=O) groups excluding carboxylic acids is 1. The average molecular weight is 468 g/mol. The van der Waals surface area contributed by atoms with Gasteiger partial charge < -0.3 is 14.0 Å². The summed E-state index contributed by atoms with van der Waals surface area (Å²) in [5.41, 5.74) is 4.09. The van der Waals surface area contributed by atoms with Gasteiger partial charge in [-0.05, 0) is 42.5 Å². The van der Waals surface area contributed by atoms with E-state index in [0.717, 1.165) is 28.7 Å². The molecule has 0 spiro atoms. The molecule has 2 aromatic heterocycles. The summed E-state index contributed by atoms with van der Waals surface area (Å²) in [5.74, 6) is -0.224. The Morgan fingerprint density at radius 1 is 1.34 bits per heavy atom. The van der Waals surface area contributed by atoms with Crippen molar-refractivity contribution in [3.8, 4) is 28.7 Å². The maximum atomic E-state index is 12.3. The van der Waals surface area contributed by atoms with Gasteiger partial charge in [0, 0.05) is 18.7 Å². The first-order chi connectivity index (χ1) is 15.1. The highest BCUT2D eigenvalue weighted by Crippen LogP contribution is 2.39. The monoisotopic (exact) mass is 467 g/mol. The fourth-order valence-corrected chi connectivity index (χ4v) is 3.88. The highest BCUT2D eigenvalue weighted by Gasteiger charge is 2.30. The second-order valence-electron chi connectivity index (χ2n) is 7.28. The van der Waals surface area contributed by atoms with Crippen molar-refractivity contribution in [1.29, 1.82) is 0 Å². The van der Waals surface area contributed by atoms with E-state index in [9.17, 15) is 18.0 Å². The number of alkyl halides is 3. The van der Waals surface area contributed by atoms with Crippen molar-refractivity contribution in [3.63, 3.8) is 0 Å². The van der Waals surface area contributed by atoms with E-state index in [2.05, 4.69) is 19.9 Å². The molecule has 1 aromatic carbocycles. The fourth-order valence-electron chi connectivity index (χ4n) is 3.66. The molecule has 1 aliphatic carbocycles. The zero-order valence-corrected chi connectivity index (χ0v) is 17.8. The van der Waals surface area contributed by atoms with Gasteiger partial charge in [0.05, 0.1) is 5.56 Å². The number of carbonyl (C=O) groups is 1. The predicted octanol–water partition coefficient (Wildman–Crippen LogP) is 5.25. The molecule has 0 aliphatic heterocycles. The molecule has 2 heterocycles. The Morgan fingerprint density at radius 3 is 2.81 bits per heavy atom. The number of benzene rings is 1. The van der Waals surface area contributed by atoms with E-state index in [0.29, 0.717) is 17.8 Å². The Hall–Kier alpha value is -3.14. The number of nitrogens with zero attached hydrogens (tertiary/aromatic N) is 3. The Labute approximate surface area is 185 Å². The summed E-state index contributed by atoms with van der Waals surface area (Å²) in [4.78, 5) is 19.5. The molecule has 1 unspecified atom stereocenters. The number of hydrogen-bond donors (Lipinski definition) is 0. The van der Waals surface area contributed by atoms with Gasteiger partial charge in [0.25, 0.3) is 5.89 Å². The summed E-state index contributed by atoms with van der Waals surface area (Å²) in [5, 5.41) is 3.90. The zero-order valence-electron chi connectivity index (χ0n) is 17.0. The fraction of sp³-hybridized carbons (Fsp3) is 0.333. The van der Waals surface area contributed by atoms with Crippen LogP contribution in [0, 0.1) is 6.92 Å². The van der Waals surface area contributed by atoms with Crippen LogP contribution in [-0.4, -0.2) is 33.9 Å². The molecular formula is C21H17ClF3N3O4. The third kappa shape index (κ3) is 4.55. The van der Waals surface area contributed by atoms with Crippen LogP contribution in [0.4, 0.5) is 13.2 Å². The molecule has 0 saturated heterocycles. The van der Waals surface area contributed by atoms with Crippen LogP contribution in [0.25, 0.3) is 22.8 Å². The minimum Gasteiger partial charge on any atom is -0.467 e. The number of ether oxygens (including phenoxy) is 2. The highest BCUT2D eigenvalue weighted by atomic mass is 35.5. The van der Waals surface area contributed by atoms with Gasteiger partial charge in [0.2, 0.25) is 11.7 Å². The summed E-state index contributed by atoms with van der Waals surface area (Å²) >= 11 is 5.99. The minimum absolute atomic E-state index is 0.106. The maximum Gasteiger partial charge on any atom is 0.422 e. The Balaban J connectivity index is 1.57. The molecule has 4 rings (SSSR count). The zero-order chi connectivity index (χ0) is 23.0. The van der Waals surface area contributed by atoms with Crippen molar-refractivity contribution in [3.05, 3.63) is 46.1 Å². The van der Waals surface area contributed by atoms with Crippen LogP contribution in [0.15, 0.2) is 28.9 Å². The summed E-state index contributed by atoms with van der Waals surface area (Å²) in [7, 11) is 0. The van der Waals surface area contributed by atoms with Crippen LogP contribution < -0.4 is 4.74 Å².